The minimum atomic E-state index is -0.568. The molecule has 5 nitrogen and oxygen atoms in total. The van der Waals surface area contributed by atoms with Crippen LogP contribution in [0.5, 0.6) is 0 Å². The summed E-state index contributed by atoms with van der Waals surface area (Å²) in [7, 11) is 0. The Bertz CT molecular complexity index is 425. The van der Waals surface area contributed by atoms with E-state index in [9.17, 15) is 10.1 Å². The Morgan fingerprint density at radius 2 is 2.29 bits per heavy atom. The molecule has 0 heterocycles. The largest absolute Gasteiger partial charge is 0.392 e. The quantitative estimate of drug-likeness (QED) is 0.510. The highest BCUT2D eigenvalue weighted by Gasteiger charge is 2.16. The molecular weight excluding hydrogens is 299 g/mol. The molecule has 14 heavy (non-hydrogen) atoms. The summed E-state index contributed by atoms with van der Waals surface area (Å²) in [5.41, 5.74) is 0.436. The third-order valence-corrected chi connectivity index (χ3v) is 2.75. The van der Waals surface area contributed by atoms with Crippen LogP contribution in [0.3, 0.4) is 0 Å². The Balaban J connectivity index is 3.44. The highest BCUT2D eigenvalue weighted by Crippen LogP contribution is 2.25. The Labute approximate surface area is 93.3 Å². The van der Waals surface area contributed by atoms with Crippen LogP contribution in [0.1, 0.15) is 11.1 Å². The first-order valence-electron chi connectivity index (χ1n) is 3.58. The number of halogens is 1. The van der Waals surface area contributed by atoms with Gasteiger partial charge in [0.2, 0.25) is 0 Å². The van der Waals surface area contributed by atoms with E-state index >= 15 is 0 Å². The predicted octanol–water partition coefficient (Wildman–Crippen LogP) is 1.56. The number of nitro benzene ring substituents is 1. The minimum Gasteiger partial charge on any atom is -0.392 e. The number of hydrogen-bond acceptors (Lipinski definition) is 4. The lowest BCUT2D eigenvalue weighted by Gasteiger charge is -2.01. The molecule has 0 aliphatic rings. The van der Waals surface area contributed by atoms with Crippen LogP contribution in [0.2, 0.25) is 0 Å². The van der Waals surface area contributed by atoms with Gasteiger partial charge in [0, 0.05) is 6.07 Å². The summed E-state index contributed by atoms with van der Waals surface area (Å²) in [6.07, 6.45) is 0. The molecule has 0 atom stereocenters. The second kappa shape index (κ2) is 4.34. The summed E-state index contributed by atoms with van der Waals surface area (Å²) in [6.45, 7) is -0.313. The van der Waals surface area contributed by atoms with Gasteiger partial charge in [-0.05, 0) is 34.2 Å². The van der Waals surface area contributed by atoms with E-state index in [4.69, 9.17) is 10.4 Å². The van der Waals surface area contributed by atoms with Crippen molar-refractivity contribution in [2.24, 2.45) is 0 Å². The summed E-state index contributed by atoms with van der Waals surface area (Å²) in [5, 5.41) is 28.1. The van der Waals surface area contributed by atoms with Crippen LogP contribution in [-0.2, 0) is 6.61 Å². The Morgan fingerprint density at radius 1 is 1.64 bits per heavy atom. The van der Waals surface area contributed by atoms with Crippen molar-refractivity contribution in [1.82, 2.24) is 0 Å². The molecule has 0 aliphatic heterocycles. The Kier molecular flexibility index (Phi) is 3.38. The zero-order chi connectivity index (χ0) is 10.7. The average Bonchev–Trinajstić information content (AvgIpc) is 2.17. The fourth-order valence-electron chi connectivity index (χ4n) is 0.973. The number of rotatable bonds is 2. The van der Waals surface area contributed by atoms with Gasteiger partial charge in [0.05, 0.1) is 17.1 Å². The van der Waals surface area contributed by atoms with Gasteiger partial charge in [-0.25, -0.2) is 0 Å². The lowest BCUT2D eigenvalue weighted by molar-refractivity contribution is -0.385. The van der Waals surface area contributed by atoms with Crippen molar-refractivity contribution in [2.45, 2.75) is 6.61 Å². The van der Waals surface area contributed by atoms with Gasteiger partial charge in [0.15, 0.2) is 0 Å². The lowest BCUT2D eigenvalue weighted by Crippen LogP contribution is -1.97. The second-order valence-electron chi connectivity index (χ2n) is 2.50. The highest BCUT2D eigenvalue weighted by molar-refractivity contribution is 14.1. The van der Waals surface area contributed by atoms with Crippen LogP contribution in [0, 0.1) is 25.0 Å². The monoisotopic (exact) mass is 304 g/mol. The van der Waals surface area contributed by atoms with E-state index in [0.717, 1.165) is 0 Å². The minimum absolute atomic E-state index is 0.145. The summed E-state index contributed by atoms with van der Waals surface area (Å²) >= 11 is 1.74. The molecule has 1 N–H and O–H groups in total. The molecule has 0 spiro atoms. The van der Waals surface area contributed by atoms with Gasteiger partial charge < -0.3 is 5.11 Å². The van der Waals surface area contributed by atoms with Crippen molar-refractivity contribution < 1.29 is 10.0 Å². The molecule has 0 aromatic heterocycles. The number of nitrogens with zero attached hydrogens (tertiary/aromatic N) is 2. The van der Waals surface area contributed by atoms with E-state index in [1.807, 2.05) is 6.07 Å². The number of hydrogen-bond donors (Lipinski definition) is 1. The molecule has 0 saturated heterocycles. The van der Waals surface area contributed by atoms with Crippen LogP contribution in [0.15, 0.2) is 12.1 Å². The second-order valence-corrected chi connectivity index (χ2v) is 3.58. The maximum Gasteiger partial charge on any atom is 0.284 e. The fraction of sp³-hybridized carbons (Fsp3) is 0.125. The third-order valence-electron chi connectivity index (χ3n) is 1.61. The van der Waals surface area contributed by atoms with Crippen LogP contribution in [-0.4, -0.2) is 10.0 Å². The molecule has 72 valence electrons. The van der Waals surface area contributed by atoms with Gasteiger partial charge in [0.25, 0.3) is 5.69 Å². The van der Waals surface area contributed by atoms with Gasteiger partial charge in [0.1, 0.15) is 9.64 Å². The number of benzene rings is 1. The fourth-order valence-corrected chi connectivity index (χ4v) is 1.60. The first kappa shape index (κ1) is 10.9. The van der Waals surface area contributed by atoms with E-state index in [1.54, 1.807) is 22.6 Å². The van der Waals surface area contributed by atoms with Gasteiger partial charge >= 0.3 is 0 Å². The number of aliphatic hydroxyl groups is 1. The van der Waals surface area contributed by atoms with E-state index in [1.165, 1.54) is 12.1 Å². The average molecular weight is 304 g/mol. The first-order chi connectivity index (χ1) is 6.60. The first-order valence-corrected chi connectivity index (χ1v) is 4.65. The Morgan fingerprint density at radius 3 is 2.71 bits per heavy atom. The summed E-state index contributed by atoms with van der Waals surface area (Å²) < 4.78 is 0.298. The van der Waals surface area contributed by atoms with E-state index in [-0.39, 0.29) is 17.9 Å². The molecule has 0 saturated carbocycles. The van der Waals surface area contributed by atoms with E-state index in [2.05, 4.69) is 0 Å². The van der Waals surface area contributed by atoms with Crippen molar-refractivity contribution in [3.05, 3.63) is 36.9 Å². The molecule has 0 amide bonds. The van der Waals surface area contributed by atoms with Gasteiger partial charge in [-0.3, -0.25) is 10.1 Å². The molecule has 6 heteroatoms. The van der Waals surface area contributed by atoms with Gasteiger partial charge in [-0.2, -0.15) is 5.26 Å². The number of nitro groups is 1. The molecule has 1 rings (SSSR count). The summed E-state index contributed by atoms with van der Waals surface area (Å²) in [5.74, 6) is 0. The van der Waals surface area contributed by atoms with Crippen molar-refractivity contribution in [1.29, 1.82) is 5.26 Å². The zero-order valence-electron chi connectivity index (χ0n) is 6.90. The van der Waals surface area contributed by atoms with Crippen LogP contribution < -0.4 is 0 Å². The maximum atomic E-state index is 10.6. The predicted molar refractivity (Wildman–Crippen MR) is 56.5 cm³/mol. The maximum absolute atomic E-state index is 10.6. The molecule has 1 aromatic carbocycles. The number of aliphatic hydroxyl groups excluding tert-OH is 1. The molecule has 1 aromatic rings. The third kappa shape index (κ3) is 2.00. The standard InChI is InChI=1S/C8H5IN2O3/c9-8-6(3-10)1-5(4-12)2-7(8)11(13)14/h1-2,12H,4H2. The van der Waals surface area contributed by atoms with Crippen molar-refractivity contribution >= 4 is 28.3 Å². The van der Waals surface area contributed by atoms with Crippen LogP contribution in [0.25, 0.3) is 0 Å². The molecule has 0 aliphatic carbocycles. The molecule has 0 radical (unpaired) electrons. The molecule has 0 unspecified atom stereocenters. The zero-order valence-corrected chi connectivity index (χ0v) is 9.06. The van der Waals surface area contributed by atoms with Crippen LogP contribution in [0.4, 0.5) is 5.69 Å². The van der Waals surface area contributed by atoms with Crippen LogP contribution >= 0.6 is 22.6 Å². The van der Waals surface area contributed by atoms with Crippen molar-refractivity contribution in [3.63, 3.8) is 0 Å². The van der Waals surface area contributed by atoms with Crippen molar-refractivity contribution in [2.75, 3.05) is 0 Å². The van der Waals surface area contributed by atoms with Gasteiger partial charge in [-0.15, -0.1) is 0 Å². The van der Waals surface area contributed by atoms with Gasteiger partial charge in [-0.1, -0.05) is 0 Å². The van der Waals surface area contributed by atoms with E-state index in [0.29, 0.717) is 9.13 Å². The molecule has 0 bridgehead atoms. The van der Waals surface area contributed by atoms with Crippen molar-refractivity contribution in [3.8, 4) is 6.07 Å². The Hall–Kier alpha value is -1.20. The highest BCUT2D eigenvalue weighted by atomic mass is 127. The topological polar surface area (TPSA) is 87.2 Å². The smallest absolute Gasteiger partial charge is 0.284 e. The summed E-state index contributed by atoms with van der Waals surface area (Å²) in [4.78, 5) is 10.0. The SMILES string of the molecule is N#Cc1cc(CO)cc([N+](=O)[O-])c1I. The summed E-state index contributed by atoms with van der Waals surface area (Å²) in [6, 6.07) is 4.55. The molecular formula is C8H5IN2O3. The lowest BCUT2D eigenvalue weighted by atomic mass is 10.1. The normalized spacial score (nSPS) is 9.50. The van der Waals surface area contributed by atoms with E-state index < -0.39 is 4.92 Å². The number of nitriles is 1. The molecule has 0 fully saturated rings.